The molecule has 2 heterocycles. The Morgan fingerprint density at radius 2 is 1.55 bits per heavy atom. The first-order valence-corrected chi connectivity index (χ1v) is 16.0. The largest absolute Gasteiger partial charge is 0.463 e. The average molecular weight is 559 g/mol. The van der Waals surface area contributed by atoms with Crippen LogP contribution >= 0.6 is 11.8 Å². The summed E-state index contributed by atoms with van der Waals surface area (Å²) in [5, 5.41) is -0.506. The molecule has 38 heavy (non-hydrogen) atoms. The molecule has 0 aliphatic carbocycles. The van der Waals surface area contributed by atoms with E-state index in [1.54, 1.807) is 11.8 Å². The van der Waals surface area contributed by atoms with Crippen LogP contribution in [0.3, 0.4) is 0 Å². The Labute approximate surface area is 233 Å². The molecule has 2 aliphatic heterocycles. The zero-order chi connectivity index (χ0) is 27.7. The van der Waals surface area contributed by atoms with Crippen LogP contribution in [0.5, 0.6) is 0 Å². The van der Waals surface area contributed by atoms with E-state index >= 15 is 0 Å². The molecule has 0 aromatic heterocycles. The summed E-state index contributed by atoms with van der Waals surface area (Å²) in [7, 11) is -2.95. The lowest BCUT2D eigenvalue weighted by molar-refractivity contribution is -0.157. The number of ether oxygens (including phenoxy) is 3. The predicted octanol–water partition coefficient (Wildman–Crippen LogP) is 6.79. The third-order valence-electron chi connectivity index (χ3n) is 7.18. The van der Waals surface area contributed by atoms with Gasteiger partial charge in [-0.05, 0) is 24.6 Å². The molecule has 2 aromatic rings. The summed E-state index contributed by atoms with van der Waals surface area (Å²) < 4.78 is 33.0. The second-order valence-corrected chi connectivity index (χ2v) is 18.2. The van der Waals surface area contributed by atoms with Crippen LogP contribution in [-0.2, 0) is 34.5 Å². The zero-order valence-electron chi connectivity index (χ0n) is 23.9. The van der Waals surface area contributed by atoms with Gasteiger partial charge in [0.2, 0.25) is 0 Å². The molecule has 2 fully saturated rings. The van der Waals surface area contributed by atoms with Crippen molar-refractivity contribution in [2.45, 2.75) is 107 Å². The van der Waals surface area contributed by atoms with Gasteiger partial charge < -0.3 is 23.1 Å². The molecular formula is C30H42O6SSi. The molecule has 2 aromatic carbocycles. The van der Waals surface area contributed by atoms with Gasteiger partial charge in [0.05, 0.1) is 6.61 Å². The molecule has 6 nitrogen and oxygen atoms in total. The van der Waals surface area contributed by atoms with Gasteiger partial charge in [-0.15, -0.1) is 0 Å². The number of carbonyl (C=O) groups excluding carboxylic acids is 1. The number of hydrogen-bond acceptors (Lipinski definition) is 7. The molecule has 0 saturated carbocycles. The Kier molecular flexibility index (Phi) is 8.82. The molecule has 2 aliphatic rings. The van der Waals surface area contributed by atoms with Gasteiger partial charge in [0.15, 0.2) is 0 Å². The van der Waals surface area contributed by atoms with Crippen molar-refractivity contribution in [3.63, 3.8) is 0 Å². The first-order valence-electron chi connectivity index (χ1n) is 13.3. The highest BCUT2D eigenvalue weighted by atomic mass is 32.2. The second kappa shape index (κ2) is 11.4. The summed E-state index contributed by atoms with van der Waals surface area (Å²) in [5.74, 6) is -0.337. The Hall–Kier alpha value is -1.68. The number of rotatable bonds is 7. The maximum absolute atomic E-state index is 11.8. The van der Waals surface area contributed by atoms with Gasteiger partial charge in [0.1, 0.15) is 36.5 Å². The van der Waals surface area contributed by atoms with Crippen LogP contribution in [0.25, 0.3) is 0 Å². The van der Waals surface area contributed by atoms with Crippen LogP contribution in [0.1, 0.15) is 59.6 Å². The van der Waals surface area contributed by atoms with E-state index in [0.29, 0.717) is 6.61 Å². The van der Waals surface area contributed by atoms with E-state index < -0.39 is 20.8 Å². The highest BCUT2D eigenvalue weighted by Gasteiger charge is 2.67. The molecule has 8 heteroatoms. The van der Waals surface area contributed by atoms with E-state index in [0.717, 1.165) is 10.5 Å². The summed E-state index contributed by atoms with van der Waals surface area (Å²) in [5.41, 5.74) is 1.98. The van der Waals surface area contributed by atoms with E-state index in [1.165, 1.54) is 12.5 Å². The van der Waals surface area contributed by atoms with Gasteiger partial charge in [-0.25, -0.2) is 0 Å². The van der Waals surface area contributed by atoms with Crippen LogP contribution in [0.15, 0.2) is 59.5 Å². The number of esters is 1. The van der Waals surface area contributed by atoms with E-state index in [4.69, 9.17) is 23.1 Å². The fourth-order valence-corrected chi connectivity index (χ4v) is 11.6. The number of benzene rings is 2. The number of hydrogen-bond donors (Lipinski definition) is 0. The zero-order valence-corrected chi connectivity index (χ0v) is 25.7. The minimum Gasteiger partial charge on any atom is -0.463 e. The van der Waals surface area contributed by atoms with Crippen molar-refractivity contribution in [1.29, 1.82) is 0 Å². The van der Waals surface area contributed by atoms with E-state index in [2.05, 4.69) is 84.9 Å². The molecule has 208 valence electrons. The highest BCUT2D eigenvalue weighted by Crippen LogP contribution is 2.57. The predicted molar refractivity (Wildman–Crippen MR) is 152 cm³/mol. The van der Waals surface area contributed by atoms with Crippen molar-refractivity contribution in [2.24, 2.45) is 0 Å². The minimum absolute atomic E-state index is 0.119. The normalized spacial score (nSPS) is 27.1. The molecule has 0 bridgehead atoms. The highest BCUT2D eigenvalue weighted by molar-refractivity contribution is 7.99. The van der Waals surface area contributed by atoms with Crippen molar-refractivity contribution in [3.8, 4) is 0 Å². The first-order chi connectivity index (χ1) is 17.8. The Morgan fingerprint density at radius 3 is 2.13 bits per heavy atom. The molecular weight excluding hydrogens is 516 g/mol. The smallest absolute Gasteiger partial charge is 0.350 e. The van der Waals surface area contributed by atoms with E-state index in [1.807, 2.05) is 18.2 Å². The molecule has 5 atom stereocenters. The second-order valence-electron chi connectivity index (χ2n) is 12.3. The topological polar surface area (TPSA) is 63.2 Å². The number of thioether (sulfide) groups is 1. The summed E-state index contributed by atoms with van der Waals surface area (Å²) in [6.45, 7) is 17.2. The monoisotopic (exact) mass is 558 g/mol. The Bertz CT molecular complexity index is 1060. The lowest BCUT2D eigenvalue weighted by Crippen LogP contribution is -2.68. The SMILES string of the molecule is CC(=O)OC[C@H]1O[Si](C(C)(C)C)(C(C)(C)C)O[C@H]2[C@H]1O[C@@H](Sc1ccc(C)cc1)[C@@H]2OCc1ccccc1. The van der Waals surface area contributed by atoms with Crippen LogP contribution in [0, 0.1) is 6.92 Å². The van der Waals surface area contributed by atoms with Crippen molar-refractivity contribution >= 4 is 26.3 Å². The van der Waals surface area contributed by atoms with Crippen LogP contribution < -0.4 is 0 Å². The molecule has 2 saturated heterocycles. The van der Waals surface area contributed by atoms with E-state index in [-0.39, 0.29) is 40.3 Å². The molecule has 0 unspecified atom stereocenters. The summed E-state index contributed by atoms with van der Waals surface area (Å²) in [4.78, 5) is 12.9. The van der Waals surface area contributed by atoms with Gasteiger partial charge in [0.25, 0.3) is 0 Å². The Morgan fingerprint density at radius 1 is 0.921 bits per heavy atom. The number of carbonyl (C=O) groups is 1. The van der Waals surface area contributed by atoms with Gasteiger partial charge >= 0.3 is 14.5 Å². The fraction of sp³-hybridized carbons (Fsp3) is 0.567. The minimum atomic E-state index is -2.95. The van der Waals surface area contributed by atoms with Gasteiger partial charge in [-0.2, -0.15) is 0 Å². The molecule has 0 spiro atoms. The van der Waals surface area contributed by atoms with E-state index in [9.17, 15) is 4.79 Å². The van der Waals surface area contributed by atoms with Gasteiger partial charge in [-0.3, -0.25) is 4.79 Å². The quantitative estimate of drug-likeness (QED) is 0.274. The maximum Gasteiger partial charge on any atom is 0.350 e. The van der Waals surface area contributed by atoms with Gasteiger partial charge in [0, 0.05) is 21.9 Å². The third kappa shape index (κ3) is 6.21. The average Bonchev–Trinajstić information content (AvgIpc) is 3.18. The molecule has 0 N–H and O–H groups in total. The Balaban J connectivity index is 1.72. The van der Waals surface area contributed by atoms with Crippen molar-refractivity contribution in [3.05, 3.63) is 65.7 Å². The van der Waals surface area contributed by atoms with Crippen molar-refractivity contribution in [2.75, 3.05) is 6.61 Å². The summed E-state index contributed by atoms with van der Waals surface area (Å²) in [6.07, 6.45) is -1.58. The van der Waals surface area contributed by atoms with Crippen LogP contribution in [0.4, 0.5) is 0 Å². The van der Waals surface area contributed by atoms with Crippen molar-refractivity contribution in [1.82, 2.24) is 0 Å². The van der Waals surface area contributed by atoms with Crippen LogP contribution in [-0.4, -0.2) is 51.0 Å². The molecule has 0 radical (unpaired) electrons. The first kappa shape index (κ1) is 29.3. The molecule has 4 rings (SSSR count). The lowest BCUT2D eigenvalue weighted by Gasteiger charge is -2.55. The van der Waals surface area contributed by atoms with Crippen molar-refractivity contribution < 1.29 is 27.9 Å². The van der Waals surface area contributed by atoms with Gasteiger partial charge in [-0.1, -0.05) is 101 Å². The van der Waals surface area contributed by atoms with Crippen LogP contribution in [0.2, 0.25) is 10.1 Å². The standard InChI is InChI=1S/C30H42O6SSi/c1-20-14-16-23(17-15-20)37-28-27(33-18-22-12-10-9-11-13-22)26-25(34-28)24(19-32-21(2)31)35-38(36-26,29(3,4)5)30(6,7)8/h9-17,24-28H,18-19H2,1-8H3/t24-,25+,26+,27-,28+/m1/s1. The number of fused-ring (bicyclic) bond motifs is 1. The third-order valence-corrected chi connectivity index (χ3v) is 13.5. The summed E-state index contributed by atoms with van der Waals surface area (Å²) >= 11 is 1.64. The molecule has 0 amide bonds. The number of aryl methyl sites for hydroxylation is 1. The maximum atomic E-state index is 11.8. The summed E-state index contributed by atoms with van der Waals surface area (Å²) in [6, 6.07) is 18.6. The lowest BCUT2D eigenvalue weighted by atomic mass is 10.1. The fourth-order valence-electron chi connectivity index (χ4n) is 5.53.